The van der Waals surface area contributed by atoms with Gasteiger partial charge in [-0.05, 0) is 35.9 Å². The molecule has 0 aliphatic rings. The molecule has 0 amide bonds. The molecule has 0 aliphatic heterocycles. The predicted molar refractivity (Wildman–Crippen MR) is 64.6 cm³/mol. The standard InChI is InChI=1S/C14H14FN/c1-16-10-12-4-2-3-5-14(12)11-6-8-13(15)9-7-11/h2-9,16H,10H2,1H3. The van der Waals surface area contributed by atoms with Crippen LogP contribution in [0.4, 0.5) is 4.39 Å². The van der Waals surface area contributed by atoms with Gasteiger partial charge >= 0.3 is 0 Å². The summed E-state index contributed by atoms with van der Waals surface area (Å²) in [6, 6.07) is 14.7. The summed E-state index contributed by atoms with van der Waals surface area (Å²) in [5.41, 5.74) is 3.42. The Bertz CT molecular complexity index is 462. The molecule has 2 aromatic carbocycles. The monoisotopic (exact) mass is 215 g/mol. The quantitative estimate of drug-likeness (QED) is 0.829. The number of halogens is 1. The van der Waals surface area contributed by atoms with Crippen LogP contribution >= 0.6 is 0 Å². The van der Waals surface area contributed by atoms with Gasteiger partial charge in [0.25, 0.3) is 0 Å². The van der Waals surface area contributed by atoms with Crippen molar-refractivity contribution in [2.75, 3.05) is 7.05 Å². The van der Waals surface area contributed by atoms with Gasteiger partial charge in [0.05, 0.1) is 0 Å². The van der Waals surface area contributed by atoms with Gasteiger partial charge in [-0.25, -0.2) is 4.39 Å². The minimum Gasteiger partial charge on any atom is -0.316 e. The molecule has 0 spiro atoms. The number of benzene rings is 2. The maximum atomic E-state index is 12.8. The molecule has 82 valence electrons. The van der Waals surface area contributed by atoms with Crippen LogP contribution in [0.15, 0.2) is 48.5 Å². The summed E-state index contributed by atoms with van der Waals surface area (Å²) in [4.78, 5) is 0. The Morgan fingerprint density at radius 2 is 1.69 bits per heavy atom. The lowest BCUT2D eigenvalue weighted by Gasteiger charge is -2.08. The molecule has 0 radical (unpaired) electrons. The van der Waals surface area contributed by atoms with Gasteiger partial charge in [-0.2, -0.15) is 0 Å². The second-order valence-corrected chi connectivity index (χ2v) is 3.69. The van der Waals surface area contributed by atoms with Crippen LogP contribution in [0.2, 0.25) is 0 Å². The summed E-state index contributed by atoms with van der Waals surface area (Å²) in [6.07, 6.45) is 0. The van der Waals surface area contributed by atoms with Gasteiger partial charge < -0.3 is 5.32 Å². The van der Waals surface area contributed by atoms with E-state index in [1.54, 1.807) is 0 Å². The van der Waals surface area contributed by atoms with E-state index in [0.29, 0.717) is 0 Å². The Balaban J connectivity index is 2.42. The molecule has 16 heavy (non-hydrogen) atoms. The fourth-order valence-electron chi connectivity index (χ4n) is 1.78. The lowest BCUT2D eigenvalue weighted by Crippen LogP contribution is -2.06. The van der Waals surface area contributed by atoms with E-state index in [1.807, 2.05) is 31.3 Å². The molecule has 0 fully saturated rings. The van der Waals surface area contributed by atoms with Gasteiger partial charge in [-0.15, -0.1) is 0 Å². The van der Waals surface area contributed by atoms with Crippen LogP contribution < -0.4 is 5.32 Å². The van der Waals surface area contributed by atoms with Crippen molar-refractivity contribution in [1.29, 1.82) is 0 Å². The normalized spacial score (nSPS) is 10.4. The molecule has 0 unspecified atom stereocenters. The number of hydrogen-bond acceptors (Lipinski definition) is 1. The molecule has 0 bridgehead atoms. The molecule has 0 saturated carbocycles. The van der Waals surface area contributed by atoms with Crippen LogP contribution in [0.5, 0.6) is 0 Å². The van der Waals surface area contributed by atoms with Crippen LogP contribution in [0.1, 0.15) is 5.56 Å². The van der Waals surface area contributed by atoms with E-state index >= 15 is 0 Å². The van der Waals surface area contributed by atoms with E-state index in [0.717, 1.165) is 17.7 Å². The highest BCUT2D eigenvalue weighted by Crippen LogP contribution is 2.23. The Morgan fingerprint density at radius 1 is 1.00 bits per heavy atom. The number of hydrogen-bond donors (Lipinski definition) is 1. The topological polar surface area (TPSA) is 12.0 Å². The van der Waals surface area contributed by atoms with E-state index in [2.05, 4.69) is 17.4 Å². The Morgan fingerprint density at radius 3 is 2.38 bits per heavy atom. The van der Waals surface area contributed by atoms with Gasteiger partial charge in [-0.3, -0.25) is 0 Å². The molecule has 2 rings (SSSR count). The molecule has 1 N–H and O–H groups in total. The van der Waals surface area contributed by atoms with Gasteiger partial charge in [-0.1, -0.05) is 36.4 Å². The first-order valence-electron chi connectivity index (χ1n) is 5.29. The summed E-state index contributed by atoms with van der Waals surface area (Å²) in [5, 5.41) is 3.13. The van der Waals surface area contributed by atoms with Crippen molar-refractivity contribution < 1.29 is 4.39 Å². The minimum atomic E-state index is -0.199. The fraction of sp³-hybridized carbons (Fsp3) is 0.143. The van der Waals surface area contributed by atoms with Crippen LogP contribution in [-0.4, -0.2) is 7.05 Å². The summed E-state index contributed by atoms with van der Waals surface area (Å²) in [5.74, 6) is -0.199. The lowest BCUT2D eigenvalue weighted by atomic mass is 10.00. The zero-order valence-corrected chi connectivity index (χ0v) is 9.20. The van der Waals surface area contributed by atoms with E-state index in [-0.39, 0.29) is 5.82 Å². The highest BCUT2D eigenvalue weighted by Gasteiger charge is 2.03. The minimum absolute atomic E-state index is 0.199. The second-order valence-electron chi connectivity index (χ2n) is 3.69. The predicted octanol–water partition coefficient (Wildman–Crippen LogP) is 3.21. The first kappa shape index (κ1) is 10.8. The first-order valence-corrected chi connectivity index (χ1v) is 5.29. The molecule has 0 heterocycles. The maximum absolute atomic E-state index is 12.8. The summed E-state index contributed by atoms with van der Waals surface area (Å²) in [7, 11) is 1.92. The van der Waals surface area contributed by atoms with Gasteiger partial charge in [0.1, 0.15) is 5.82 Å². The molecule has 1 nitrogen and oxygen atoms in total. The number of nitrogens with one attached hydrogen (secondary N) is 1. The van der Waals surface area contributed by atoms with E-state index in [9.17, 15) is 4.39 Å². The highest BCUT2D eigenvalue weighted by atomic mass is 19.1. The van der Waals surface area contributed by atoms with Crippen LogP contribution in [0, 0.1) is 5.82 Å². The van der Waals surface area contributed by atoms with E-state index in [4.69, 9.17) is 0 Å². The zero-order valence-electron chi connectivity index (χ0n) is 9.20. The molecular weight excluding hydrogens is 201 g/mol. The second kappa shape index (κ2) is 4.90. The van der Waals surface area contributed by atoms with E-state index in [1.165, 1.54) is 17.7 Å². The van der Waals surface area contributed by atoms with Gasteiger partial charge in [0.2, 0.25) is 0 Å². The van der Waals surface area contributed by atoms with Crippen LogP contribution in [0.3, 0.4) is 0 Å². The molecular formula is C14H14FN. The van der Waals surface area contributed by atoms with Crippen molar-refractivity contribution in [3.05, 3.63) is 59.9 Å². The maximum Gasteiger partial charge on any atom is 0.123 e. The van der Waals surface area contributed by atoms with Crippen LogP contribution in [-0.2, 0) is 6.54 Å². The summed E-state index contributed by atoms with van der Waals surface area (Å²) < 4.78 is 12.8. The lowest BCUT2D eigenvalue weighted by molar-refractivity contribution is 0.628. The van der Waals surface area contributed by atoms with Crippen molar-refractivity contribution in [3.8, 4) is 11.1 Å². The van der Waals surface area contributed by atoms with Crippen molar-refractivity contribution in [2.45, 2.75) is 6.54 Å². The molecule has 0 aromatic heterocycles. The van der Waals surface area contributed by atoms with Gasteiger partial charge in [0, 0.05) is 6.54 Å². The smallest absolute Gasteiger partial charge is 0.123 e. The fourth-order valence-corrected chi connectivity index (χ4v) is 1.78. The Kier molecular flexibility index (Phi) is 3.32. The molecule has 0 saturated heterocycles. The van der Waals surface area contributed by atoms with Crippen molar-refractivity contribution in [3.63, 3.8) is 0 Å². The molecule has 2 heteroatoms. The van der Waals surface area contributed by atoms with Crippen LogP contribution in [0.25, 0.3) is 11.1 Å². The Labute approximate surface area is 94.9 Å². The molecule has 0 aliphatic carbocycles. The molecule has 0 atom stereocenters. The summed E-state index contributed by atoms with van der Waals surface area (Å²) >= 11 is 0. The average molecular weight is 215 g/mol. The number of rotatable bonds is 3. The largest absolute Gasteiger partial charge is 0.316 e. The highest BCUT2D eigenvalue weighted by molar-refractivity contribution is 5.67. The third-order valence-corrected chi connectivity index (χ3v) is 2.54. The SMILES string of the molecule is CNCc1ccccc1-c1ccc(F)cc1. The molecule has 2 aromatic rings. The van der Waals surface area contributed by atoms with Crippen molar-refractivity contribution >= 4 is 0 Å². The zero-order chi connectivity index (χ0) is 11.4. The van der Waals surface area contributed by atoms with E-state index < -0.39 is 0 Å². The van der Waals surface area contributed by atoms with Crippen molar-refractivity contribution in [1.82, 2.24) is 5.32 Å². The first-order chi connectivity index (χ1) is 7.81. The Hall–Kier alpha value is -1.67. The average Bonchev–Trinajstić information content (AvgIpc) is 2.32. The van der Waals surface area contributed by atoms with Gasteiger partial charge in [0.15, 0.2) is 0 Å². The van der Waals surface area contributed by atoms with Crippen molar-refractivity contribution in [2.24, 2.45) is 0 Å². The third-order valence-electron chi connectivity index (χ3n) is 2.54. The third kappa shape index (κ3) is 2.28. The summed E-state index contributed by atoms with van der Waals surface area (Å²) in [6.45, 7) is 0.813.